The van der Waals surface area contributed by atoms with Crippen LogP contribution < -0.4 is 18.9 Å². The molecular formula is C21H25NO6. The van der Waals surface area contributed by atoms with Crippen molar-refractivity contribution in [2.24, 2.45) is 0 Å². The van der Waals surface area contributed by atoms with Crippen LogP contribution in [0.2, 0.25) is 0 Å². The first-order valence-electron chi connectivity index (χ1n) is 8.95. The molecule has 0 N–H and O–H groups in total. The van der Waals surface area contributed by atoms with Gasteiger partial charge < -0.3 is 28.6 Å². The van der Waals surface area contributed by atoms with E-state index >= 15 is 0 Å². The number of rotatable bonds is 9. The lowest BCUT2D eigenvalue weighted by Crippen LogP contribution is -2.61. The van der Waals surface area contributed by atoms with Crippen LogP contribution in [0, 0.1) is 0 Å². The predicted octanol–water partition coefficient (Wildman–Crippen LogP) is 2.69. The van der Waals surface area contributed by atoms with E-state index in [1.807, 2.05) is 30.3 Å². The van der Waals surface area contributed by atoms with E-state index in [0.29, 0.717) is 36.1 Å². The maximum absolute atomic E-state index is 12.7. The number of benzene rings is 2. The molecule has 2 aromatic carbocycles. The molecule has 7 nitrogen and oxygen atoms in total. The van der Waals surface area contributed by atoms with E-state index in [9.17, 15) is 4.79 Å². The summed E-state index contributed by atoms with van der Waals surface area (Å²) in [6.45, 7) is 0.924. The normalized spacial score (nSPS) is 18.4. The number of hydrogen-bond acceptors (Lipinski definition) is 6. The molecular weight excluding hydrogens is 362 g/mol. The Bertz CT molecular complexity index is 824. The fourth-order valence-electron chi connectivity index (χ4n) is 3.28. The summed E-state index contributed by atoms with van der Waals surface area (Å²) in [7, 11) is 6.37. The number of methoxy groups -OCH3 is 4. The van der Waals surface area contributed by atoms with Crippen LogP contribution in [0.15, 0.2) is 42.5 Å². The zero-order valence-corrected chi connectivity index (χ0v) is 16.5. The van der Waals surface area contributed by atoms with E-state index in [1.165, 1.54) is 0 Å². The van der Waals surface area contributed by atoms with Crippen molar-refractivity contribution in [3.05, 3.63) is 48.0 Å². The second kappa shape index (κ2) is 8.84. The van der Waals surface area contributed by atoms with Crippen LogP contribution in [0.4, 0.5) is 0 Å². The molecule has 0 bridgehead atoms. The third-order valence-corrected chi connectivity index (χ3v) is 4.74. The highest BCUT2D eigenvalue weighted by molar-refractivity contribution is 5.89. The monoisotopic (exact) mass is 387 g/mol. The van der Waals surface area contributed by atoms with Crippen LogP contribution in [0.5, 0.6) is 23.0 Å². The van der Waals surface area contributed by atoms with Gasteiger partial charge in [0, 0.05) is 19.7 Å². The number of carbonyl (C=O) groups is 1. The van der Waals surface area contributed by atoms with Crippen molar-refractivity contribution in [1.29, 1.82) is 0 Å². The lowest BCUT2D eigenvalue weighted by Gasteiger charge is -2.46. The minimum atomic E-state index is -0.637. The summed E-state index contributed by atoms with van der Waals surface area (Å²) in [5.41, 5.74) is 0.904. The topological polar surface area (TPSA) is 66.5 Å². The summed E-state index contributed by atoms with van der Waals surface area (Å²) in [5, 5.41) is 0. The van der Waals surface area contributed by atoms with Crippen molar-refractivity contribution in [2.45, 2.75) is 12.1 Å². The van der Waals surface area contributed by atoms with Crippen LogP contribution in [0.25, 0.3) is 0 Å². The Morgan fingerprint density at radius 3 is 2.32 bits per heavy atom. The highest BCUT2D eigenvalue weighted by Gasteiger charge is 2.50. The van der Waals surface area contributed by atoms with Gasteiger partial charge in [0.1, 0.15) is 17.5 Å². The molecule has 0 aromatic heterocycles. The molecule has 1 saturated heterocycles. The van der Waals surface area contributed by atoms with Gasteiger partial charge in [-0.15, -0.1) is 0 Å². The van der Waals surface area contributed by atoms with E-state index in [-0.39, 0.29) is 11.9 Å². The van der Waals surface area contributed by atoms with Gasteiger partial charge in [-0.25, -0.2) is 0 Å². The average Bonchev–Trinajstić information content (AvgIpc) is 2.74. The second-order valence-corrected chi connectivity index (χ2v) is 6.30. The van der Waals surface area contributed by atoms with Gasteiger partial charge in [-0.2, -0.15) is 0 Å². The van der Waals surface area contributed by atoms with Crippen molar-refractivity contribution >= 4 is 5.91 Å². The van der Waals surface area contributed by atoms with Gasteiger partial charge in [0.25, 0.3) is 5.91 Å². The predicted molar refractivity (Wildman–Crippen MR) is 103 cm³/mol. The summed E-state index contributed by atoms with van der Waals surface area (Å²) in [6, 6.07) is 12.6. The lowest BCUT2D eigenvalue weighted by molar-refractivity contribution is -0.165. The first-order valence-corrected chi connectivity index (χ1v) is 8.95. The third kappa shape index (κ3) is 3.84. The van der Waals surface area contributed by atoms with Crippen molar-refractivity contribution in [3.63, 3.8) is 0 Å². The third-order valence-electron chi connectivity index (χ3n) is 4.74. The molecule has 1 aliphatic heterocycles. The van der Waals surface area contributed by atoms with Gasteiger partial charge in [0.2, 0.25) is 6.10 Å². The molecule has 0 radical (unpaired) electrons. The summed E-state index contributed by atoms with van der Waals surface area (Å²) in [5.74, 6) is 2.40. The lowest BCUT2D eigenvalue weighted by atomic mass is 9.90. The maximum Gasteiger partial charge on any atom is 0.266 e. The Hall–Kier alpha value is -2.93. The zero-order chi connectivity index (χ0) is 20.1. The van der Waals surface area contributed by atoms with Crippen molar-refractivity contribution in [2.75, 3.05) is 41.6 Å². The summed E-state index contributed by atoms with van der Waals surface area (Å²) in [4.78, 5) is 14.5. The molecule has 1 fully saturated rings. The van der Waals surface area contributed by atoms with Crippen LogP contribution >= 0.6 is 0 Å². The van der Waals surface area contributed by atoms with Gasteiger partial charge in [0.05, 0.1) is 27.9 Å². The first-order chi connectivity index (χ1) is 13.6. The zero-order valence-electron chi connectivity index (χ0n) is 16.5. The molecule has 0 aliphatic carbocycles. The Balaban J connectivity index is 1.89. The first kappa shape index (κ1) is 19.8. The van der Waals surface area contributed by atoms with Gasteiger partial charge in [-0.1, -0.05) is 12.1 Å². The fourth-order valence-corrected chi connectivity index (χ4v) is 3.28. The van der Waals surface area contributed by atoms with E-state index in [4.69, 9.17) is 23.7 Å². The number of nitrogens with zero attached hydrogens (tertiary/aromatic N) is 1. The number of amides is 1. The summed E-state index contributed by atoms with van der Waals surface area (Å²) in [6.07, 6.45) is -0.637. The van der Waals surface area contributed by atoms with Gasteiger partial charge >= 0.3 is 0 Å². The molecule has 2 aromatic rings. The van der Waals surface area contributed by atoms with Crippen molar-refractivity contribution in [1.82, 2.24) is 4.90 Å². The highest BCUT2D eigenvalue weighted by Crippen LogP contribution is 2.40. The molecule has 1 amide bonds. The van der Waals surface area contributed by atoms with E-state index < -0.39 is 6.10 Å². The molecule has 150 valence electrons. The highest BCUT2D eigenvalue weighted by atomic mass is 16.5. The van der Waals surface area contributed by atoms with Crippen LogP contribution in [0.1, 0.15) is 11.6 Å². The minimum absolute atomic E-state index is 0.0837. The number of ether oxygens (including phenoxy) is 5. The maximum atomic E-state index is 12.7. The van der Waals surface area contributed by atoms with Crippen molar-refractivity contribution in [3.8, 4) is 23.0 Å². The van der Waals surface area contributed by atoms with Gasteiger partial charge in [0.15, 0.2) is 11.5 Å². The Kier molecular flexibility index (Phi) is 6.26. The SMILES string of the molecule is COCCN1C(=O)[C@H](Oc2cccc(OC)c2)[C@@H]1c1ccc(OC)c(OC)c1. The standard InChI is InChI=1S/C21H25NO6/c1-24-11-10-22-19(14-8-9-17(26-3)18(12-14)27-4)20(21(22)23)28-16-7-5-6-15(13-16)25-2/h5-9,12-13,19-20H,10-11H2,1-4H3/t19-,20+/m0/s1. The summed E-state index contributed by atoms with van der Waals surface area (Å²) < 4.78 is 27.1. The minimum Gasteiger partial charge on any atom is -0.497 e. The molecule has 0 unspecified atom stereocenters. The van der Waals surface area contributed by atoms with E-state index in [0.717, 1.165) is 5.56 Å². The number of hydrogen-bond donors (Lipinski definition) is 0. The fraction of sp³-hybridized carbons (Fsp3) is 0.381. The van der Waals surface area contributed by atoms with Crippen LogP contribution in [-0.2, 0) is 9.53 Å². The van der Waals surface area contributed by atoms with Crippen LogP contribution in [0.3, 0.4) is 0 Å². The molecule has 0 saturated carbocycles. The molecule has 2 atom stereocenters. The molecule has 3 rings (SSSR count). The average molecular weight is 387 g/mol. The van der Waals surface area contributed by atoms with Crippen LogP contribution in [-0.4, -0.2) is 58.5 Å². The number of β-lactam (4-membered cyclic amide) rings is 1. The second-order valence-electron chi connectivity index (χ2n) is 6.30. The molecule has 1 aliphatic rings. The Labute approximate surface area is 164 Å². The van der Waals surface area contributed by atoms with Crippen molar-refractivity contribution < 1.29 is 28.5 Å². The van der Waals surface area contributed by atoms with E-state index in [1.54, 1.807) is 45.5 Å². The molecule has 7 heteroatoms. The summed E-state index contributed by atoms with van der Waals surface area (Å²) >= 11 is 0. The van der Waals surface area contributed by atoms with E-state index in [2.05, 4.69) is 0 Å². The van der Waals surface area contributed by atoms with Gasteiger partial charge in [-0.3, -0.25) is 4.79 Å². The number of carbonyl (C=O) groups excluding carboxylic acids is 1. The Morgan fingerprint density at radius 1 is 0.893 bits per heavy atom. The molecule has 0 spiro atoms. The quantitative estimate of drug-likeness (QED) is 0.617. The molecule has 1 heterocycles. The Morgan fingerprint density at radius 2 is 1.64 bits per heavy atom. The number of likely N-dealkylation sites (tertiary alicyclic amines) is 1. The largest absolute Gasteiger partial charge is 0.497 e. The molecule has 28 heavy (non-hydrogen) atoms. The smallest absolute Gasteiger partial charge is 0.266 e. The van der Waals surface area contributed by atoms with Gasteiger partial charge in [-0.05, 0) is 29.8 Å².